The van der Waals surface area contributed by atoms with E-state index in [0.29, 0.717) is 6.42 Å². The van der Waals surface area contributed by atoms with Crippen molar-refractivity contribution in [2.45, 2.75) is 76.3 Å². The third-order valence-electron chi connectivity index (χ3n) is 8.72. The van der Waals surface area contributed by atoms with Crippen LogP contribution in [0.5, 0.6) is 11.5 Å². The summed E-state index contributed by atoms with van der Waals surface area (Å²) in [6.45, 7) is 3.24. The monoisotopic (exact) mass is 517 g/mol. The normalized spacial score (nSPS) is 31.2. The lowest BCUT2D eigenvalue weighted by molar-refractivity contribution is -0.116. The number of nitrogens with zero attached hydrogens (tertiary/aromatic N) is 2. The first-order valence-corrected chi connectivity index (χ1v) is 15.2. The zero-order valence-corrected chi connectivity index (χ0v) is 22.7. The molecule has 0 radical (unpaired) electrons. The molecule has 0 spiro atoms. The lowest BCUT2D eigenvalue weighted by Gasteiger charge is -2.55. The van der Waals surface area contributed by atoms with E-state index in [2.05, 4.69) is 17.1 Å². The van der Waals surface area contributed by atoms with Crippen molar-refractivity contribution in [1.29, 1.82) is 0 Å². The minimum atomic E-state index is 0.0693. The number of amides is 1. The molecule has 4 bridgehead atoms. The van der Waals surface area contributed by atoms with Crippen molar-refractivity contribution in [3.63, 3.8) is 0 Å². The predicted molar refractivity (Wildman–Crippen MR) is 152 cm³/mol. The summed E-state index contributed by atoms with van der Waals surface area (Å²) < 4.78 is 5.87. The van der Waals surface area contributed by atoms with Crippen LogP contribution in [0, 0.1) is 17.8 Å². The molecule has 1 unspecified atom stereocenters. The molecule has 1 N–H and O–H groups in total. The van der Waals surface area contributed by atoms with Crippen LogP contribution >= 0.6 is 11.8 Å². The van der Waals surface area contributed by atoms with Gasteiger partial charge in [0.05, 0.1) is 5.54 Å². The van der Waals surface area contributed by atoms with Crippen molar-refractivity contribution >= 4 is 28.5 Å². The number of benzene rings is 2. The zero-order chi connectivity index (χ0) is 25.2. The maximum atomic E-state index is 13.1. The molecule has 1 aliphatic heterocycles. The highest BCUT2D eigenvalue weighted by Crippen LogP contribution is 2.57. The molecular formula is C31H39N3O2S. The molecule has 4 saturated carbocycles. The number of aliphatic imine (C=N–C) groups is 1. The Morgan fingerprint density at radius 2 is 1.65 bits per heavy atom. The minimum absolute atomic E-state index is 0.0693. The van der Waals surface area contributed by atoms with Gasteiger partial charge in [-0.05, 0) is 99.1 Å². The van der Waals surface area contributed by atoms with Crippen molar-refractivity contribution in [3.05, 3.63) is 54.6 Å². The molecule has 37 heavy (non-hydrogen) atoms. The van der Waals surface area contributed by atoms with E-state index in [1.165, 1.54) is 43.7 Å². The van der Waals surface area contributed by atoms with Crippen molar-refractivity contribution in [1.82, 2.24) is 4.90 Å². The number of amidine groups is 1. The molecule has 4 aliphatic carbocycles. The first kappa shape index (κ1) is 24.8. The Morgan fingerprint density at radius 1 is 1.00 bits per heavy atom. The van der Waals surface area contributed by atoms with Crippen LogP contribution in [0.2, 0.25) is 0 Å². The quantitative estimate of drug-likeness (QED) is 0.378. The topological polar surface area (TPSA) is 53.9 Å². The van der Waals surface area contributed by atoms with Crippen LogP contribution in [-0.4, -0.2) is 39.9 Å². The number of unbranched alkanes of at least 4 members (excludes halogenated alkanes) is 1. The third-order valence-corrected chi connectivity index (χ3v) is 9.86. The fourth-order valence-corrected chi connectivity index (χ4v) is 8.74. The van der Waals surface area contributed by atoms with Crippen molar-refractivity contribution < 1.29 is 9.53 Å². The number of carbonyl (C=O) groups excluding carboxylic acids is 1. The highest BCUT2D eigenvalue weighted by Gasteiger charge is 2.51. The van der Waals surface area contributed by atoms with Gasteiger partial charge in [0.2, 0.25) is 5.91 Å². The molecule has 2 aromatic rings. The number of para-hydroxylation sites is 1. The van der Waals surface area contributed by atoms with Gasteiger partial charge in [-0.1, -0.05) is 43.3 Å². The molecule has 5 aliphatic rings. The SMILES string of the molecule is CCCCN1C(=NC23CC4CC(CC(C4)C2)C3)SCC1CC(=O)Nc1ccc(Oc2ccccc2)cc1. The van der Waals surface area contributed by atoms with Gasteiger partial charge in [0.15, 0.2) is 5.17 Å². The predicted octanol–water partition coefficient (Wildman–Crippen LogP) is 7.35. The Balaban J connectivity index is 1.09. The fraction of sp³-hybridized carbons (Fsp3) is 0.548. The van der Waals surface area contributed by atoms with Crippen molar-refractivity contribution in [3.8, 4) is 11.5 Å². The van der Waals surface area contributed by atoms with Gasteiger partial charge in [0.25, 0.3) is 0 Å². The second kappa shape index (κ2) is 10.7. The second-order valence-corrected chi connectivity index (χ2v) is 12.7. The van der Waals surface area contributed by atoms with E-state index in [4.69, 9.17) is 9.73 Å². The third kappa shape index (κ3) is 5.69. The van der Waals surface area contributed by atoms with Gasteiger partial charge < -0.3 is 15.0 Å². The Hall–Kier alpha value is -2.47. The number of nitrogens with one attached hydrogen (secondary N) is 1. The van der Waals surface area contributed by atoms with Gasteiger partial charge in [-0.25, -0.2) is 0 Å². The van der Waals surface area contributed by atoms with Gasteiger partial charge in [-0.3, -0.25) is 9.79 Å². The molecule has 1 amide bonds. The highest BCUT2D eigenvalue weighted by molar-refractivity contribution is 8.14. The molecule has 196 valence electrons. The number of anilines is 1. The van der Waals surface area contributed by atoms with Gasteiger partial charge in [0.1, 0.15) is 11.5 Å². The highest BCUT2D eigenvalue weighted by atomic mass is 32.2. The first-order valence-electron chi connectivity index (χ1n) is 14.2. The van der Waals surface area contributed by atoms with E-state index >= 15 is 0 Å². The summed E-state index contributed by atoms with van der Waals surface area (Å²) in [6, 6.07) is 17.6. The van der Waals surface area contributed by atoms with E-state index in [0.717, 1.165) is 60.1 Å². The van der Waals surface area contributed by atoms with E-state index in [-0.39, 0.29) is 17.5 Å². The molecule has 1 saturated heterocycles. The van der Waals surface area contributed by atoms with Crippen LogP contribution in [0.25, 0.3) is 0 Å². The van der Waals surface area contributed by atoms with Crippen LogP contribution in [0.1, 0.15) is 64.7 Å². The number of carbonyl (C=O) groups is 1. The molecule has 5 nitrogen and oxygen atoms in total. The summed E-state index contributed by atoms with van der Waals surface area (Å²) in [5, 5.41) is 4.33. The first-order chi connectivity index (χ1) is 18.1. The molecular weight excluding hydrogens is 478 g/mol. The Kier molecular flexibility index (Phi) is 7.20. The van der Waals surface area contributed by atoms with Crippen LogP contribution in [0.15, 0.2) is 59.6 Å². The van der Waals surface area contributed by atoms with E-state index in [9.17, 15) is 4.79 Å². The average Bonchev–Trinajstić information content (AvgIpc) is 3.23. The Morgan fingerprint density at radius 3 is 2.30 bits per heavy atom. The lowest BCUT2D eigenvalue weighted by Crippen LogP contribution is -2.50. The zero-order valence-electron chi connectivity index (χ0n) is 21.9. The maximum absolute atomic E-state index is 13.1. The number of ether oxygens (including phenoxy) is 1. The molecule has 0 aromatic heterocycles. The number of thioether (sulfide) groups is 1. The maximum Gasteiger partial charge on any atom is 0.226 e. The molecule has 5 fully saturated rings. The summed E-state index contributed by atoms with van der Waals surface area (Å²) in [4.78, 5) is 21.1. The number of hydrogen-bond acceptors (Lipinski definition) is 4. The Labute approximate surface area is 225 Å². The summed E-state index contributed by atoms with van der Waals surface area (Å²) in [5.74, 6) is 5.28. The van der Waals surface area contributed by atoms with Crippen molar-refractivity contribution in [2.75, 3.05) is 17.6 Å². The number of rotatable bonds is 9. The second-order valence-electron chi connectivity index (χ2n) is 11.7. The molecule has 2 aromatic carbocycles. The number of hydrogen-bond donors (Lipinski definition) is 1. The Bertz CT molecular complexity index is 1080. The largest absolute Gasteiger partial charge is 0.457 e. The van der Waals surface area contributed by atoms with E-state index in [1.54, 1.807) is 0 Å². The van der Waals surface area contributed by atoms with Gasteiger partial charge in [-0.15, -0.1) is 0 Å². The molecule has 1 atom stereocenters. The van der Waals surface area contributed by atoms with Crippen LogP contribution < -0.4 is 10.1 Å². The molecule has 1 heterocycles. The van der Waals surface area contributed by atoms with Crippen LogP contribution in [0.3, 0.4) is 0 Å². The minimum Gasteiger partial charge on any atom is -0.457 e. The summed E-state index contributed by atoms with van der Waals surface area (Å²) in [7, 11) is 0. The molecule has 7 rings (SSSR count). The lowest BCUT2D eigenvalue weighted by atomic mass is 9.53. The van der Waals surface area contributed by atoms with Crippen LogP contribution in [-0.2, 0) is 4.79 Å². The van der Waals surface area contributed by atoms with Crippen LogP contribution in [0.4, 0.5) is 5.69 Å². The fourth-order valence-electron chi connectivity index (χ4n) is 7.43. The van der Waals surface area contributed by atoms with E-state index < -0.39 is 0 Å². The van der Waals surface area contributed by atoms with Gasteiger partial charge in [0, 0.05) is 30.4 Å². The van der Waals surface area contributed by atoms with Gasteiger partial charge in [-0.2, -0.15) is 0 Å². The smallest absolute Gasteiger partial charge is 0.226 e. The van der Waals surface area contributed by atoms with Gasteiger partial charge >= 0.3 is 0 Å². The van der Waals surface area contributed by atoms with E-state index in [1.807, 2.05) is 66.4 Å². The standard InChI is InChI=1S/C31H39N3O2S/c1-2-3-13-34-26(21-37-30(34)33-31-18-22-14-23(19-31)16-24(15-22)20-31)17-29(35)32-25-9-11-28(12-10-25)36-27-7-5-4-6-8-27/h4-12,22-24,26H,2-3,13-21H2,1H3,(H,32,35). The average molecular weight is 518 g/mol. The summed E-state index contributed by atoms with van der Waals surface area (Å²) in [6.07, 6.45) is 11.0. The van der Waals surface area contributed by atoms with Crippen molar-refractivity contribution in [2.24, 2.45) is 22.7 Å². The summed E-state index contributed by atoms with van der Waals surface area (Å²) >= 11 is 1.89. The summed E-state index contributed by atoms with van der Waals surface area (Å²) in [5.41, 5.74) is 0.987. The molecule has 6 heteroatoms.